The number of unbranched alkanes of at least 4 members (excludes halogenated alkanes) is 2. The van der Waals surface area contributed by atoms with Gasteiger partial charge in [-0.05, 0) is 170 Å². The highest BCUT2D eigenvalue weighted by molar-refractivity contribution is 7.80. The van der Waals surface area contributed by atoms with Gasteiger partial charge < -0.3 is 45.3 Å². The Labute approximate surface area is 471 Å². The highest BCUT2D eigenvalue weighted by Crippen LogP contribution is 2.65. The second-order valence-electron chi connectivity index (χ2n) is 22.4. The predicted octanol–water partition coefficient (Wildman–Crippen LogP) is 8.44. The Balaban J connectivity index is 0.644. The number of nitrogens with one attached hydrogen (secondary N) is 3. The molecule has 3 fully saturated rings. The van der Waals surface area contributed by atoms with Crippen LogP contribution in [0.2, 0.25) is 0 Å². The van der Waals surface area contributed by atoms with Gasteiger partial charge in [-0.15, -0.1) is 5.10 Å². The monoisotopic (exact) mass is 1100 g/mol. The van der Waals surface area contributed by atoms with Gasteiger partial charge in [0.25, 0.3) is 5.91 Å². The van der Waals surface area contributed by atoms with Crippen LogP contribution < -0.4 is 35.5 Å². The first-order chi connectivity index (χ1) is 38.8. The van der Waals surface area contributed by atoms with Gasteiger partial charge in [-0.2, -0.15) is 0 Å². The molecule has 0 unspecified atom stereocenters. The maximum absolute atomic E-state index is 13.9. The van der Waals surface area contributed by atoms with Gasteiger partial charge in [-0.25, -0.2) is 9.37 Å². The molecular weight excluding hydrogens is 1030 g/mol. The number of carbonyl (C=O) groups excluding carboxylic acids is 1. The van der Waals surface area contributed by atoms with Crippen LogP contribution in [0.1, 0.15) is 111 Å². The van der Waals surface area contributed by atoms with Crippen molar-refractivity contribution in [2.24, 2.45) is 5.92 Å². The van der Waals surface area contributed by atoms with Crippen molar-refractivity contribution in [1.82, 2.24) is 40.1 Å². The number of aromatic nitrogens is 4. The summed E-state index contributed by atoms with van der Waals surface area (Å²) in [5.74, 6) is 0.604. The molecule has 3 aliphatic heterocycles. The smallest absolute Gasteiger partial charge is 0.336 e. The van der Waals surface area contributed by atoms with Crippen LogP contribution in [-0.4, -0.2) is 127 Å². The lowest BCUT2D eigenvalue weighted by molar-refractivity contribution is -0.191. The number of thiocarbonyl (C=S) groups is 1. The van der Waals surface area contributed by atoms with Crippen molar-refractivity contribution in [1.29, 1.82) is 0 Å². The zero-order valence-electron chi connectivity index (χ0n) is 46.0. The van der Waals surface area contributed by atoms with E-state index < -0.39 is 23.1 Å². The Morgan fingerprint density at radius 2 is 1.74 bits per heavy atom. The zero-order valence-corrected chi connectivity index (χ0v) is 46.8. The number of aliphatic hydroxyl groups is 1. The summed E-state index contributed by atoms with van der Waals surface area (Å²) >= 11 is 5.68. The Bertz CT molecular complexity index is 3570. The molecule has 18 heteroatoms. The lowest BCUT2D eigenvalue weighted by Crippen LogP contribution is -2.78. The number of benzene rings is 4. The number of hydrogen-bond acceptors (Lipinski definition) is 12. The summed E-state index contributed by atoms with van der Waals surface area (Å²) in [6.45, 7) is 15.0. The number of fused-ring (bicyclic) bond motifs is 2. The van der Waals surface area contributed by atoms with Crippen LogP contribution in [0.25, 0.3) is 44.8 Å². The molecule has 0 radical (unpaired) electrons. The SMILES string of the molecule is CCN(CC)c1ccc2c(-c3ccc(NC(=S)NCCCCCn4cc(-c5ccc(C(=O)N[C@@H]6CC[C@@]7(O)[C@H]8Cc9ccc(O)c%10c9[C@@]7(CCN8CC7CC7)[C@H]6O%10)cn5)nn4)cc3C(=O)O)c3ccc(=[N+](CC)CC)cc-3oc2c1. The maximum Gasteiger partial charge on any atom is 0.336 e. The molecular formula is C62H71N10O7S+. The molecule has 2 saturated carbocycles. The fourth-order valence-corrected chi connectivity index (χ4v) is 14.0. The highest BCUT2D eigenvalue weighted by atomic mass is 32.1. The molecule has 3 aromatic carbocycles. The van der Waals surface area contributed by atoms with Crippen molar-refractivity contribution in [3.05, 3.63) is 119 Å². The Hall–Kier alpha value is -7.41. The second kappa shape index (κ2) is 21.6. The number of aryl methyl sites for hydroxylation is 1. The normalized spacial score (nSPS) is 21.7. The van der Waals surface area contributed by atoms with Crippen molar-refractivity contribution < 1.29 is 34.1 Å². The van der Waals surface area contributed by atoms with Crippen molar-refractivity contribution in [3.63, 3.8) is 0 Å². The third kappa shape index (κ3) is 9.41. The molecule has 17 nitrogen and oxygen atoms in total. The second-order valence-corrected chi connectivity index (χ2v) is 22.8. The number of carbonyl (C=O) groups is 2. The van der Waals surface area contributed by atoms with E-state index in [1.54, 1.807) is 35.1 Å². The predicted molar refractivity (Wildman–Crippen MR) is 313 cm³/mol. The standard InChI is InChI=1S/C62H70N10O7S/c1-5-69(6-2)41-17-20-44-51(32-41)78-52-33-42(70(7-3)8-4)18-21-45(52)54(44)43-19-16-40(31-46(43)59(75)76)65-60(80)63-27-10-9-11-28-72-36-49(67-68-72)47-22-14-39(34-64-47)58(74)66-48-24-25-62(77)53-30-38-15-23-50(73)56-55(38)61(62,57(48)79-56)26-29-71(53)35-37-12-13-37/h14-23,31-34,36-37,48,53,57,77H,5-13,24-30,35H2,1-4H3,(H4,63,66,73,74,75,76,80)/p+1/t48-,53-,57+,61+,62-/m1/s1. The summed E-state index contributed by atoms with van der Waals surface area (Å²) in [5, 5.41) is 55.3. The molecule has 416 valence electrons. The number of pyridine rings is 1. The van der Waals surface area contributed by atoms with E-state index in [0.717, 1.165) is 104 Å². The first kappa shape index (κ1) is 53.2. The molecule has 2 bridgehead atoms. The van der Waals surface area contributed by atoms with Gasteiger partial charge >= 0.3 is 5.97 Å². The Morgan fingerprint density at radius 3 is 2.50 bits per heavy atom. The van der Waals surface area contributed by atoms with Crippen molar-refractivity contribution >= 4 is 51.6 Å². The Kier molecular flexibility index (Phi) is 14.4. The molecule has 7 aliphatic rings. The van der Waals surface area contributed by atoms with Crippen molar-refractivity contribution in [3.8, 4) is 45.3 Å². The molecule has 12 rings (SSSR count). The topological polar surface area (TPSA) is 206 Å². The van der Waals surface area contributed by atoms with Gasteiger partial charge in [0.05, 0.1) is 46.1 Å². The van der Waals surface area contributed by atoms with E-state index in [2.05, 4.69) is 97.6 Å². The third-order valence-corrected chi connectivity index (χ3v) is 18.2. The Morgan fingerprint density at radius 1 is 0.912 bits per heavy atom. The van der Waals surface area contributed by atoms with E-state index in [4.69, 9.17) is 21.4 Å². The largest absolute Gasteiger partial charge is 0.504 e. The maximum atomic E-state index is 13.9. The number of piperidine rings is 1. The average molecular weight is 1100 g/mol. The summed E-state index contributed by atoms with van der Waals surface area (Å²) in [7, 11) is 0. The van der Waals surface area contributed by atoms with Gasteiger partial charge in [0.1, 0.15) is 36.2 Å². The minimum atomic E-state index is -1.05. The number of aromatic carboxylic acids is 1. The number of amides is 1. The summed E-state index contributed by atoms with van der Waals surface area (Å²) in [6.07, 6.45) is 10.5. The van der Waals surface area contributed by atoms with Crippen LogP contribution in [0.5, 0.6) is 11.5 Å². The minimum Gasteiger partial charge on any atom is -0.504 e. The van der Waals surface area contributed by atoms with Crippen LogP contribution >= 0.6 is 12.2 Å². The number of phenolic OH excluding ortho intramolecular Hbond substituents is 1. The number of carboxylic acid groups (broad SMARTS) is 1. The molecule has 5 atom stereocenters. The van der Waals surface area contributed by atoms with Gasteiger partial charge in [-0.3, -0.25) is 19.4 Å². The number of aromatic hydroxyl groups is 1. The number of hydrogen-bond donors (Lipinski definition) is 6. The molecule has 1 amide bonds. The zero-order chi connectivity index (χ0) is 55.5. The fourth-order valence-electron chi connectivity index (χ4n) is 13.8. The lowest BCUT2D eigenvalue weighted by atomic mass is 9.48. The van der Waals surface area contributed by atoms with Crippen molar-refractivity contribution in [2.75, 3.05) is 56.0 Å². The molecule has 5 aromatic rings. The summed E-state index contributed by atoms with van der Waals surface area (Å²) in [5.41, 5.74) is 6.56. The molecule has 80 heavy (non-hydrogen) atoms. The first-order valence-corrected chi connectivity index (χ1v) is 29.2. The van der Waals surface area contributed by atoms with E-state index in [1.807, 2.05) is 36.5 Å². The average Bonchev–Trinajstić information content (AvgIpc) is 3.51. The van der Waals surface area contributed by atoms with Crippen molar-refractivity contribution in [2.45, 2.75) is 121 Å². The quantitative estimate of drug-likeness (QED) is 0.0195. The van der Waals surface area contributed by atoms with Gasteiger partial charge in [0.2, 0.25) is 5.36 Å². The molecule has 1 spiro atoms. The van der Waals surface area contributed by atoms with Gasteiger partial charge in [0, 0.05) is 90.5 Å². The number of nitrogens with zero attached hydrogens (tertiary/aromatic N) is 7. The van der Waals surface area contributed by atoms with E-state index >= 15 is 0 Å². The van der Waals surface area contributed by atoms with Crippen LogP contribution in [0.15, 0.2) is 95.7 Å². The van der Waals surface area contributed by atoms with Gasteiger partial charge in [-0.1, -0.05) is 17.3 Å². The number of carboxylic acids is 1. The number of likely N-dealkylation sites (tertiary alicyclic amines) is 1. The number of phenols is 1. The first-order valence-electron chi connectivity index (χ1n) is 28.8. The highest BCUT2D eigenvalue weighted by Gasteiger charge is 2.73. The number of anilines is 2. The molecule has 4 aliphatic carbocycles. The number of rotatable bonds is 19. The van der Waals surface area contributed by atoms with E-state index in [-0.39, 0.29) is 29.3 Å². The molecule has 1 saturated heterocycles. The third-order valence-electron chi connectivity index (χ3n) is 18.0. The van der Waals surface area contributed by atoms with E-state index in [9.17, 15) is 24.9 Å². The van der Waals surface area contributed by atoms with Crippen LogP contribution in [0.3, 0.4) is 0 Å². The van der Waals surface area contributed by atoms with E-state index in [0.29, 0.717) is 88.7 Å². The summed E-state index contributed by atoms with van der Waals surface area (Å²) in [4.78, 5) is 36.4. The van der Waals surface area contributed by atoms with Crippen LogP contribution in [0.4, 0.5) is 11.4 Å². The summed E-state index contributed by atoms with van der Waals surface area (Å²) < 4.78 is 17.4. The summed E-state index contributed by atoms with van der Waals surface area (Å²) in [6, 6.07) is 24.5. The molecule has 6 N–H and O–H groups in total. The molecule has 2 aromatic heterocycles. The lowest BCUT2D eigenvalue weighted by Gasteiger charge is -2.64. The van der Waals surface area contributed by atoms with Crippen LogP contribution in [-0.2, 0) is 18.4 Å². The number of ether oxygens (including phenoxy) is 1. The molecule has 5 heterocycles. The fraction of sp³-hybridized carbons (Fsp3) is 0.435. The van der Waals surface area contributed by atoms with Gasteiger partial charge in [0.15, 0.2) is 16.6 Å². The van der Waals surface area contributed by atoms with Crippen LogP contribution in [0, 0.1) is 5.92 Å². The van der Waals surface area contributed by atoms with E-state index in [1.165, 1.54) is 12.8 Å². The minimum absolute atomic E-state index is 0.0349.